The van der Waals surface area contributed by atoms with Crippen molar-refractivity contribution >= 4 is 12.0 Å². The second-order valence-electron chi connectivity index (χ2n) is 4.02. The summed E-state index contributed by atoms with van der Waals surface area (Å²) in [6.45, 7) is 7.22. The van der Waals surface area contributed by atoms with Gasteiger partial charge in [0.15, 0.2) is 0 Å². The zero-order valence-corrected chi connectivity index (χ0v) is 10.6. The molecule has 92 valence electrons. The Kier molecular flexibility index (Phi) is 4.44. The van der Waals surface area contributed by atoms with Gasteiger partial charge in [0, 0.05) is 5.57 Å². The molecule has 0 N–H and O–H groups in total. The summed E-state index contributed by atoms with van der Waals surface area (Å²) in [5.74, 6) is -0.539. The molecule has 0 aromatic heterocycles. The highest BCUT2D eigenvalue weighted by molar-refractivity contribution is 5.93. The first-order valence-corrected chi connectivity index (χ1v) is 5.58. The highest BCUT2D eigenvalue weighted by atomic mass is 19.1. The van der Waals surface area contributed by atoms with Gasteiger partial charge >= 0.3 is 5.97 Å². The molecule has 3 heteroatoms. The minimum absolute atomic E-state index is 0.198. The van der Waals surface area contributed by atoms with Gasteiger partial charge in [-0.2, -0.15) is 0 Å². The second-order valence-corrected chi connectivity index (χ2v) is 4.02. The van der Waals surface area contributed by atoms with Gasteiger partial charge in [0.1, 0.15) is 5.82 Å². The van der Waals surface area contributed by atoms with E-state index < -0.39 is 0 Å². The number of aryl methyl sites for hydroxylation is 2. The lowest BCUT2D eigenvalue weighted by atomic mass is 10.0. The summed E-state index contributed by atoms with van der Waals surface area (Å²) in [7, 11) is 0. The topological polar surface area (TPSA) is 26.3 Å². The van der Waals surface area contributed by atoms with Gasteiger partial charge in [-0.3, -0.25) is 0 Å². The van der Waals surface area contributed by atoms with Crippen LogP contribution in [0.5, 0.6) is 0 Å². The summed E-state index contributed by atoms with van der Waals surface area (Å²) in [5.41, 5.74) is 2.48. The van der Waals surface area contributed by atoms with Crippen LogP contribution in [0, 0.1) is 19.7 Å². The fourth-order valence-corrected chi connectivity index (χ4v) is 1.62. The Morgan fingerprint density at radius 2 is 1.88 bits per heavy atom. The predicted octanol–water partition coefficient (Wildman–Crippen LogP) is 3.41. The van der Waals surface area contributed by atoms with Crippen LogP contribution in [0.15, 0.2) is 17.7 Å². The van der Waals surface area contributed by atoms with Gasteiger partial charge in [0.05, 0.1) is 6.61 Å². The summed E-state index contributed by atoms with van der Waals surface area (Å²) in [6.07, 6.45) is 1.71. The van der Waals surface area contributed by atoms with E-state index >= 15 is 0 Å². The lowest BCUT2D eigenvalue weighted by molar-refractivity contribution is -0.138. The van der Waals surface area contributed by atoms with Crippen LogP contribution < -0.4 is 0 Å². The molecule has 0 fully saturated rings. The van der Waals surface area contributed by atoms with Gasteiger partial charge in [-0.05, 0) is 62.6 Å². The van der Waals surface area contributed by atoms with Crippen LogP contribution in [0.1, 0.15) is 30.5 Å². The average molecular weight is 236 g/mol. The molecule has 0 aliphatic carbocycles. The maximum absolute atomic E-state index is 13.4. The quantitative estimate of drug-likeness (QED) is 0.594. The van der Waals surface area contributed by atoms with E-state index in [1.807, 2.05) is 0 Å². The molecule has 1 aromatic carbocycles. The molecular weight excluding hydrogens is 219 g/mol. The van der Waals surface area contributed by atoms with Crippen LogP contribution in [0.3, 0.4) is 0 Å². The number of ether oxygens (including phenoxy) is 1. The highest BCUT2D eigenvalue weighted by Gasteiger charge is 2.07. The Labute approximate surface area is 101 Å². The third-order valence-corrected chi connectivity index (χ3v) is 2.44. The Bertz CT molecular complexity index is 438. The maximum Gasteiger partial charge on any atom is 0.333 e. The number of halogens is 1. The molecule has 0 saturated heterocycles. The van der Waals surface area contributed by atoms with Crippen molar-refractivity contribution in [2.24, 2.45) is 0 Å². The van der Waals surface area contributed by atoms with E-state index in [-0.39, 0.29) is 11.8 Å². The monoisotopic (exact) mass is 236 g/mol. The van der Waals surface area contributed by atoms with Crippen LogP contribution in [0.4, 0.5) is 4.39 Å². The molecule has 1 aromatic rings. The Balaban J connectivity index is 3.02. The molecule has 0 saturated carbocycles. The molecule has 1 rings (SSSR count). The van der Waals surface area contributed by atoms with Crippen LogP contribution in [-0.2, 0) is 9.53 Å². The number of rotatable bonds is 3. The number of carbonyl (C=O) groups excluding carboxylic acids is 1. The molecule has 0 atom stereocenters. The van der Waals surface area contributed by atoms with Gasteiger partial charge in [0.2, 0.25) is 0 Å². The molecule has 0 radical (unpaired) electrons. The summed E-state index contributed by atoms with van der Waals surface area (Å²) in [5, 5.41) is 0. The van der Waals surface area contributed by atoms with E-state index in [4.69, 9.17) is 4.74 Å². The van der Waals surface area contributed by atoms with Crippen molar-refractivity contribution in [3.8, 4) is 0 Å². The van der Waals surface area contributed by atoms with Gasteiger partial charge < -0.3 is 4.74 Å². The molecule has 0 unspecified atom stereocenters. The van der Waals surface area contributed by atoms with Gasteiger partial charge in [-0.25, -0.2) is 9.18 Å². The number of esters is 1. The van der Waals surface area contributed by atoms with Crippen molar-refractivity contribution in [3.63, 3.8) is 0 Å². The van der Waals surface area contributed by atoms with Crippen molar-refractivity contribution in [3.05, 3.63) is 40.2 Å². The fourth-order valence-electron chi connectivity index (χ4n) is 1.62. The van der Waals surface area contributed by atoms with E-state index in [0.29, 0.717) is 23.3 Å². The van der Waals surface area contributed by atoms with Crippen LogP contribution >= 0.6 is 0 Å². The number of hydrogen-bond acceptors (Lipinski definition) is 2. The molecule has 17 heavy (non-hydrogen) atoms. The van der Waals surface area contributed by atoms with Crippen LogP contribution in [0.2, 0.25) is 0 Å². The van der Waals surface area contributed by atoms with Crippen molar-refractivity contribution in [1.82, 2.24) is 0 Å². The first kappa shape index (κ1) is 13.4. The van der Waals surface area contributed by atoms with Gasteiger partial charge in [-0.15, -0.1) is 0 Å². The molecule has 0 spiro atoms. The Hall–Kier alpha value is -1.64. The second kappa shape index (κ2) is 5.62. The molecule has 0 aliphatic heterocycles. The summed E-state index contributed by atoms with van der Waals surface area (Å²) >= 11 is 0. The van der Waals surface area contributed by atoms with Crippen molar-refractivity contribution < 1.29 is 13.9 Å². The zero-order valence-electron chi connectivity index (χ0n) is 10.6. The lowest BCUT2D eigenvalue weighted by Crippen LogP contribution is -2.04. The van der Waals surface area contributed by atoms with E-state index in [1.54, 1.807) is 45.9 Å². The number of hydrogen-bond donors (Lipinski definition) is 0. The van der Waals surface area contributed by atoms with E-state index in [9.17, 15) is 9.18 Å². The standard InChI is InChI=1S/C14H17FO2/c1-5-17-14(16)11(4)8-12-6-9(2)13(15)10(3)7-12/h6-8H,5H2,1-4H3. The highest BCUT2D eigenvalue weighted by Crippen LogP contribution is 2.17. The number of benzene rings is 1. The molecule has 0 aliphatic rings. The van der Waals surface area contributed by atoms with Crippen molar-refractivity contribution in [1.29, 1.82) is 0 Å². The lowest BCUT2D eigenvalue weighted by Gasteiger charge is -2.05. The zero-order chi connectivity index (χ0) is 13.0. The van der Waals surface area contributed by atoms with E-state index in [0.717, 1.165) is 5.56 Å². The smallest absolute Gasteiger partial charge is 0.333 e. The third kappa shape index (κ3) is 3.41. The molecule has 0 bridgehead atoms. The average Bonchev–Trinajstić information content (AvgIpc) is 2.26. The normalized spacial score (nSPS) is 11.5. The van der Waals surface area contributed by atoms with Crippen LogP contribution in [-0.4, -0.2) is 12.6 Å². The van der Waals surface area contributed by atoms with Gasteiger partial charge in [0.25, 0.3) is 0 Å². The molecule has 2 nitrogen and oxygen atoms in total. The maximum atomic E-state index is 13.4. The van der Waals surface area contributed by atoms with Crippen LogP contribution in [0.25, 0.3) is 6.08 Å². The minimum Gasteiger partial charge on any atom is -0.463 e. The first-order valence-electron chi connectivity index (χ1n) is 5.58. The summed E-state index contributed by atoms with van der Waals surface area (Å²) in [6, 6.07) is 3.43. The van der Waals surface area contributed by atoms with Crippen molar-refractivity contribution in [2.45, 2.75) is 27.7 Å². The first-order chi connectivity index (χ1) is 7.95. The van der Waals surface area contributed by atoms with Crippen molar-refractivity contribution in [2.75, 3.05) is 6.61 Å². The van der Waals surface area contributed by atoms with Gasteiger partial charge in [-0.1, -0.05) is 0 Å². The minimum atomic E-state index is -0.341. The van der Waals surface area contributed by atoms with E-state index in [2.05, 4.69) is 0 Å². The SMILES string of the molecule is CCOC(=O)C(C)=Cc1cc(C)c(F)c(C)c1. The van der Waals surface area contributed by atoms with E-state index in [1.165, 1.54) is 0 Å². The largest absolute Gasteiger partial charge is 0.463 e. The Morgan fingerprint density at radius 3 is 2.35 bits per heavy atom. The summed E-state index contributed by atoms with van der Waals surface area (Å²) in [4.78, 5) is 11.4. The summed E-state index contributed by atoms with van der Waals surface area (Å²) < 4.78 is 18.3. The molecule has 0 amide bonds. The predicted molar refractivity (Wildman–Crippen MR) is 66.2 cm³/mol. The fraction of sp³-hybridized carbons (Fsp3) is 0.357. The number of carbonyl (C=O) groups is 1. The molecule has 0 heterocycles. The molecular formula is C14H17FO2. The Morgan fingerprint density at radius 1 is 1.35 bits per heavy atom. The third-order valence-electron chi connectivity index (χ3n) is 2.44.